The highest BCUT2D eigenvalue weighted by atomic mass is 19.1. The number of nitrogens with one attached hydrogen (secondary N) is 1. The fourth-order valence-corrected chi connectivity index (χ4v) is 1.92. The third-order valence-corrected chi connectivity index (χ3v) is 3.06. The van der Waals surface area contributed by atoms with Gasteiger partial charge in [0.2, 0.25) is 0 Å². The number of carboxylic acid groups (broad SMARTS) is 1. The molecule has 0 radical (unpaired) electrons. The lowest BCUT2D eigenvalue weighted by molar-refractivity contribution is 0.0698. The van der Waals surface area contributed by atoms with Gasteiger partial charge in [-0.2, -0.15) is 0 Å². The van der Waals surface area contributed by atoms with Gasteiger partial charge in [0, 0.05) is 23.5 Å². The molecule has 0 saturated carbocycles. The molecule has 0 aliphatic carbocycles. The number of carbonyl (C=O) groups is 1. The average Bonchev–Trinajstić information content (AvgIpc) is 2.41. The third-order valence-electron chi connectivity index (χ3n) is 3.06. The van der Waals surface area contributed by atoms with Gasteiger partial charge in [-0.1, -0.05) is 18.2 Å². The van der Waals surface area contributed by atoms with Crippen LogP contribution in [0.3, 0.4) is 0 Å². The quantitative estimate of drug-likeness (QED) is 0.749. The molecule has 0 aliphatic heterocycles. The molecule has 0 saturated heterocycles. The summed E-state index contributed by atoms with van der Waals surface area (Å²) in [5, 5.41) is 12.1. The number of benzene rings is 2. The minimum Gasteiger partial charge on any atom is -0.478 e. The van der Waals surface area contributed by atoms with Crippen molar-refractivity contribution in [3.8, 4) is 0 Å². The summed E-state index contributed by atoms with van der Waals surface area (Å²) in [6, 6.07) is 9.61. The van der Waals surface area contributed by atoms with E-state index in [0.717, 1.165) is 0 Å². The number of hydrogen-bond donors (Lipinski definition) is 3. The van der Waals surface area contributed by atoms with E-state index in [9.17, 15) is 9.18 Å². The summed E-state index contributed by atoms with van der Waals surface area (Å²) in [5.41, 5.74) is 7.78. The van der Waals surface area contributed by atoms with Crippen LogP contribution in [0.25, 0.3) is 0 Å². The highest BCUT2D eigenvalue weighted by Gasteiger charge is 2.11. The Kier molecular flexibility index (Phi) is 3.89. The Morgan fingerprint density at radius 2 is 2.05 bits per heavy atom. The molecule has 0 atom stereocenters. The molecule has 104 valence electrons. The van der Waals surface area contributed by atoms with Crippen LogP contribution in [-0.4, -0.2) is 11.1 Å². The van der Waals surface area contributed by atoms with Gasteiger partial charge in [0.05, 0.1) is 5.56 Å². The lowest BCUT2D eigenvalue weighted by Gasteiger charge is -2.11. The topological polar surface area (TPSA) is 75.3 Å². The standard InChI is InChI=1S/C15H15FN2O2/c1-9-6-11(7-12(14(9)17)15(19)20)18-8-10-4-2-3-5-13(10)16/h2-7,18H,8,17H2,1H3,(H,19,20). The zero-order valence-corrected chi connectivity index (χ0v) is 11.0. The van der Waals surface area contributed by atoms with Crippen molar-refractivity contribution < 1.29 is 14.3 Å². The minimum atomic E-state index is -1.08. The van der Waals surface area contributed by atoms with Crippen molar-refractivity contribution in [2.45, 2.75) is 13.5 Å². The first kappa shape index (κ1) is 13.9. The number of aryl methyl sites for hydroxylation is 1. The molecule has 0 fully saturated rings. The maximum absolute atomic E-state index is 13.5. The predicted octanol–water partition coefficient (Wildman–Crippen LogP) is 3.03. The molecule has 2 aromatic rings. The maximum atomic E-state index is 13.5. The average molecular weight is 274 g/mol. The van der Waals surface area contributed by atoms with Crippen LogP contribution in [0, 0.1) is 12.7 Å². The van der Waals surface area contributed by atoms with Crippen LogP contribution in [0.4, 0.5) is 15.8 Å². The van der Waals surface area contributed by atoms with E-state index in [1.165, 1.54) is 12.1 Å². The van der Waals surface area contributed by atoms with Gasteiger partial charge in [0.1, 0.15) is 5.82 Å². The molecule has 0 unspecified atom stereocenters. The van der Waals surface area contributed by atoms with Crippen molar-refractivity contribution in [1.29, 1.82) is 0 Å². The smallest absolute Gasteiger partial charge is 0.337 e. The fourth-order valence-electron chi connectivity index (χ4n) is 1.92. The summed E-state index contributed by atoms with van der Waals surface area (Å²) >= 11 is 0. The summed E-state index contributed by atoms with van der Waals surface area (Å²) in [7, 11) is 0. The molecule has 4 N–H and O–H groups in total. The molecule has 20 heavy (non-hydrogen) atoms. The second-order valence-electron chi connectivity index (χ2n) is 4.50. The molecule has 0 aliphatic rings. The number of hydrogen-bond acceptors (Lipinski definition) is 3. The lowest BCUT2D eigenvalue weighted by atomic mass is 10.1. The predicted molar refractivity (Wildman–Crippen MR) is 76.3 cm³/mol. The molecule has 5 heteroatoms. The van der Waals surface area contributed by atoms with Gasteiger partial charge < -0.3 is 16.2 Å². The van der Waals surface area contributed by atoms with Crippen LogP contribution in [-0.2, 0) is 6.54 Å². The summed E-state index contributed by atoms with van der Waals surface area (Å²) in [5.74, 6) is -1.38. The van der Waals surface area contributed by atoms with E-state index in [1.54, 1.807) is 31.2 Å². The second-order valence-corrected chi connectivity index (χ2v) is 4.50. The first-order valence-corrected chi connectivity index (χ1v) is 6.09. The molecule has 0 amide bonds. The van der Waals surface area contributed by atoms with Gasteiger partial charge in [-0.05, 0) is 30.7 Å². The number of nitrogens with two attached hydrogens (primary N) is 1. The van der Waals surface area contributed by atoms with Crippen molar-refractivity contribution in [3.05, 3.63) is 58.9 Å². The van der Waals surface area contributed by atoms with Crippen molar-refractivity contribution in [3.63, 3.8) is 0 Å². The number of anilines is 2. The zero-order chi connectivity index (χ0) is 14.7. The van der Waals surface area contributed by atoms with E-state index in [1.807, 2.05) is 0 Å². The normalized spacial score (nSPS) is 10.3. The number of rotatable bonds is 4. The van der Waals surface area contributed by atoms with Crippen molar-refractivity contribution in [2.75, 3.05) is 11.1 Å². The molecule has 0 aromatic heterocycles. The van der Waals surface area contributed by atoms with E-state index in [2.05, 4.69) is 5.32 Å². The first-order valence-electron chi connectivity index (χ1n) is 6.09. The van der Waals surface area contributed by atoms with Gasteiger partial charge in [-0.15, -0.1) is 0 Å². The number of carboxylic acids is 1. The Morgan fingerprint density at radius 3 is 2.70 bits per heavy atom. The zero-order valence-electron chi connectivity index (χ0n) is 11.0. The van der Waals surface area contributed by atoms with Crippen LogP contribution < -0.4 is 11.1 Å². The molecule has 0 bridgehead atoms. The van der Waals surface area contributed by atoms with E-state index in [4.69, 9.17) is 10.8 Å². The van der Waals surface area contributed by atoms with Gasteiger partial charge in [-0.25, -0.2) is 9.18 Å². The Balaban J connectivity index is 2.22. The van der Waals surface area contributed by atoms with Crippen LogP contribution >= 0.6 is 0 Å². The minimum absolute atomic E-state index is 0.0426. The molecular weight excluding hydrogens is 259 g/mol. The molecule has 0 spiro atoms. The molecule has 2 rings (SSSR count). The Hall–Kier alpha value is -2.56. The third kappa shape index (κ3) is 2.88. The number of aromatic carboxylic acids is 1. The van der Waals surface area contributed by atoms with E-state index >= 15 is 0 Å². The molecule has 2 aromatic carbocycles. The Morgan fingerprint density at radius 1 is 1.35 bits per heavy atom. The maximum Gasteiger partial charge on any atom is 0.337 e. The molecular formula is C15H15FN2O2. The van der Waals surface area contributed by atoms with Gasteiger partial charge in [-0.3, -0.25) is 0 Å². The first-order chi connectivity index (χ1) is 9.49. The van der Waals surface area contributed by atoms with Crippen LogP contribution in [0.15, 0.2) is 36.4 Å². The largest absolute Gasteiger partial charge is 0.478 e. The number of nitrogen functional groups attached to an aromatic ring is 1. The Labute approximate surface area is 116 Å². The van der Waals surface area contributed by atoms with Crippen LogP contribution in [0.1, 0.15) is 21.5 Å². The van der Waals surface area contributed by atoms with E-state index in [-0.39, 0.29) is 23.6 Å². The van der Waals surface area contributed by atoms with Gasteiger partial charge in [0.15, 0.2) is 0 Å². The van der Waals surface area contributed by atoms with E-state index in [0.29, 0.717) is 16.8 Å². The summed E-state index contributed by atoms with van der Waals surface area (Å²) in [6.45, 7) is 2.01. The molecule has 4 nitrogen and oxygen atoms in total. The molecule has 0 heterocycles. The van der Waals surface area contributed by atoms with Crippen molar-refractivity contribution in [2.24, 2.45) is 0 Å². The highest BCUT2D eigenvalue weighted by Crippen LogP contribution is 2.23. The highest BCUT2D eigenvalue weighted by molar-refractivity contribution is 5.95. The van der Waals surface area contributed by atoms with Gasteiger partial charge in [0.25, 0.3) is 0 Å². The summed E-state index contributed by atoms with van der Waals surface area (Å²) < 4.78 is 13.5. The summed E-state index contributed by atoms with van der Waals surface area (Å²) in [6.07, 6.45) is 0. The lowest BCUT2D eigenvalue weighted by Crippen LogP contribution is -2.07. The second kappa shape index (κ2) is 5.61. The van der Waals surface area contributed by atoms with Crippen molar-refractivity contribution in [1.82, 2.24) is 0 Å². The van der Waals surface area contributed by atoms with Crippen LogP contribution in [0.5, 0.6) is 0 Å². The van der Waals surface area contributed by atoms with E-state index < -0.39 is 5.97 Å². The van der Waals surface area contributed by atoms with Crippen LogP contribution in [0.2, 0.25) is 0 Å². The Bertz CT molecular complexity index is 656. The van der Waals surface area contributed by atoms with Gasteiger partial charge >= 0.3 is 5.97 Å². The monoisotopic (exact) mass is 274 g/mol. The summed E-state index contributed by atoms with van der Waals surface area (Å²) in [4.78, 5) is 11.1. The SMILES string of the molecule is Cc1cc(NCc2ccccc2F)cc(C(=O)O)c1N. The van der Waals surface area contributed by atoms with Crippen molar-refractivity contribution >= 4 is 17.3 Å². The fraction of sp³-hybridized carbons (Fsp3) is 0.133. The number of halogens is 1.